The SMILES string of the molecule is Cc1cccc(CN(Cc2cn3c(N4CCN(C)CC4)cccc3n2)[C@H]2CCCc3cccnc32)c1. The summed E-state index contributed by atoms with van der Waals surface area (Å²) < 4.78 is 2.29. The highest BCUT2D eigenvalue weighted by molar-refractivity contribution is 5.53. The lowest BCUT2D eigenvalue weighted by molar-refractivity contribution is 0.155. The summed E-state index contributed by atoms with van der Waals surface area (Å²) in [7, 11) is 2.20. The summed E-state index contributed by atoms with van der Waals surface area (Å²) in [4.78, 5) is 17.4. The molecular formula is C30H36N6. The van der Waals surface area contributed by atoms with Crippen LogP contribution in [0.2, 0.25) is 0 Å². The third-order valence-corrected chi connectivity index (χ3v) is 7.79. The Hall–Kier alpha value is -3.22. The monoisotopic (exact) mass is 480 g/mol. The summed E-state index contributed by atoms with van der Waals surface area (Å²) in [6.45, 7) is 8.15. The van der Waals surface area contributed by atoms with Crippen molar-refractivity contribution < 1.29 is 0 Å². The number of likely N-dealkylation sites (N-methyl/N-ethyl adjacent to an activating group) is 1. The summed E-state index contributed by atoms with van der Waals surface area (Å²) in [5.41, 5.74) is 7.44. The maximum absolute atomic E-state index is 5.10. The van der Waals surface area contributed by atoms with E-state index in [0.29, 0.717) is 6.04 Å². The molecule has 0 bridgehead atoms. The molecule has 0 spiro atoms. The predicted molar refractivity (Wildman–Crippen MR) is 145 cm³/mol. The van der Waals surface area contributed by atoms with E-state index < -0.39 is 0 Å². The van der Waals surface area contributed by atoms with Gasteiger partial charge < -0.3 is 9.80 Å². The number of nitrogens with zero attached hydrogens (tertiary/aromatic N) is 6. The normalized spacial score (nSPS) is 18.6. The molecule has 0 radical (unpaired) electrons. The lowest BCUT2D eigenvalue weighted by atomic mass is 9.90. The van der Waals surface area contributed by atoms with E-state index in [9.17, 15) is 0 Å². The zero-order valence-electron chi connectivity index (χ0n) is 21.5. The van der Waals surface area contributed by atoms with Crippen LogP contribution in [-0.2, 0) is 19.5 Å². The topological polar surface area (TPSA) is 39.9 Å². The molecule has 6 rings (SSSR count). The Kier molecular flexibility index (Phi) is 6.46. The zero-order valence-corrected chi connectivity index (χ0v) is 21.5. The molecule has 4 heterocycles. The zero-order chi connectivity index (χ0) is 24.5. The average Bonchev–Trinajstić information content (AvgIpc) is 3.31. The Morgan fingerprint density at radius 2 is 1.83 bits per heavy atom. The largest absolute Gasteiger partial charge is 0.355 e. The molecule has 6 heteroatoms. The Morgan fingerprint density at radius 3 is 2.69 bits per heavy atom. The van der Waals surface area contributed by atoms with Crippen molar-refractivity contribution in [2.45, 2.75) is 45.3 Å². The Balaban J connectivity index is 1.33. The quantitative estimate of drug-likeness (QED) is 0.394. The maximum atomic E-state index is 5.10. The number of pyridine rings is 2. The number of hydrogen-bond acceptors (Lipinski definition) is 5. The van der Waals surface area contributed by atoms with Crippen LogP contribution >= 0.6 is 0 Å². The molecule has 2 aliphatic rings. The van der Waals surface area contributed by atoms with E-state index in [1.54, 1.807) is 0 Å². The lowest BCUT2D eigenvalue weighted by Crippen LogP contribution is -2.45. The number of fused-ring (bicyclic) bond motifs is 2. The first-order chi connectivity index (χ1) is 17.6. The number of anilines is 1. The lowest BCUT2D eigenvalue weighted by Gasteiger charge is -2.35. The van der Waals surface area contributed by atoms with Gasteiger partial charge >= 0.3 is 0 Å². The first kappa shape index (κ1) is 23.2. The molecule has 1 aromatic carbocycles. The van der Waals surface area contributed by atoms with Crippen molar-refractivity contribution in [3.63, 3.8) is 0 Å². The number of benzene rings is 1. The second kappa shape index (κ2) is 10.0. The molecule has 1 aliphatic heterocycles. The second-order valence-electron chi connectivity index (χ2n) is 10.5. The van der Waals surface area contributed by atoms with Gasteiger partial charge in [-0.2, -0.15) is 0 Å². The van der Waals surface area contributed by atoms with Gasteiger partial charge in [-0.25, -0.2) is 4.98 Å². The summed E-state index contributed by atoms with van der Waals surface area (Å²) in [6.07, 6.45) is 7.67. The molecular weight excluding hydrogens is 444 g/mol. The van der Waals surface area contributed by atoms with Crippen molar-refractivity contribution in [1.29, 1.82) is 0 Å². The van der Waals surface area contributed by atoms with E-state index >= 15 is 0 Å². The third-order valence-electron chi connectivity index (χ3n) is 7.79. The summed E-state index contributed by atoms with van der Waals surface area (Å²) >= 11 is 0. The fourth-order valence-corrected chi connectivity index (χ4v) is 5.89. The molecule has 0 N–H and O–H groups in total. The molecule has 1 saturated heterocycles. The van der Waals surface area contributed by atoms with Gasteiger partial charge in [0.25, 0.3) is 0 Å². The number of aryl methyl sites for hydroxylation is 2. The van der Waals surface area contributed by atoms with Crippen LogP contribution in [0.3, 0.4) is 0 Å². The van der Waals surface area contributed by atoms with Gasteiger partial charge in [-0.3, -0.25) is 14.3 Å². The first-order valence-electron chi connectivity index (χ1n) is 13.3. The van der Waals surface area contributed by atoms with Gasteiger partial charge in [0.2, 0.25) is 0 Å². The summed E-state index contributed by atoms with van der Waals surface area (Å²) in [5, 5.41) is 0. The van der Waals surface area contributed by atoms with Gasteiger partial charge in [0, 0.05) is 51.7 Å². The molecule has 1 atom stereocenters. The van der Waals surface area contributed by atoms with Crippen molar-refractivity contribution in [1.82, 2.24) is 24.2 Å². The molecule has 3 aromatic heterocycles. The third kappa shape index (κ3) is 4.75. The number of imidazole rings is 1. The highest BCUT2D eigenvalue weighted by Gasteiger charge is 2.28. The van der Waals surface area contributed by atoms with Gasteiger partial charge in [0.05, 0.1) is 17.4 Å². The molecule has 0 saturated carbocycles. The first-order valence-corrected chi connectivity index (χ1v) is 13.3. The van der Waals surface area contributed by atoms with E-state index in [1.807, 2.05) is 6.20 Å². The summed E-state index contributed by atoms with van der Waals surface area (Å²) in [6, 6.07) is 20.0. The molecule has 4 aromatic rings. The van der Waals surface area contributed by atoms with Gasteiger partial charge in [0.15, 0.2) is 0 Å². The van der Waals surface area contributed by atoms with Crippen molar-refractivity contribution in [3.05, 3.63) is 95.1 Å². The van der Waals surface area contributed by atoms with Crippen LogP contribution in [0.1, 0.15) is 47.0 Å². The molecule has 1 fully saturated rings. The van der Waals surface area contributed by atoms with E-state index in [0.717, 1.165) is 63.5 Å². The standard InChI is InChI=1S/C30H36N6/c1-23-7-3-8-24(19-23)20-35(27-11-4-9-25-10-6-14-31-30(25)27)21-26-22-36-28(32-26)12-5-13-29(36)34-17-15-33(2)16-18-34/h3,5-8,10,12-14,19,22,27H,4,9,11,15-18,20-21H2,1-2H3/t27-/m0/s1. The van der Waals surface area contributed by atoms with Crippen LogP contribution in [0.5, 0.6) is 0 Å². The highest BCUT2D eigenvalue weighted by Crippen LogP contribution is 2.35. The Morgan fingerprint density at radius 1 is 0.972 bits per heavy atom. The van der Waals surface area contributed by atoms with Crippen LogP contribution in [0.15, 0.2) is 67.0 Å². The fraction of sp³-hybridized carbons (Fsp3) is 0.400. The van der Waals surface area contributed by atoms with Crippen LogP contribution in [0.25, 0.3) is 5.65 Å². The van der Waals surface area contributed by atoms with E-state index in [4.69, 9.17) is 9.97 Å². The van der Waals surface area contributed by atoms with Gasteiger partial charge in [-0.05, 0) is 62.6 Å². The second-order valence-corrected chi connectivity index (χ2v) is 10.5. The van der Waals surface area contributed by atoms with Crippen molar-refractivity contribution >= 4 is 11.5 Å². The molecule has 0 amide bonds. The fourth-order valence-electron chi connectivity index (χ4n) is 5.89. The summed E-state index contributed by atoms with van der Waals surface area (Å²) in [5.74, 6) is 1.24. The minimum atomic E-state index is 0.303. The Labute approximate surface area is 214 Å². The molecule has 186 valence electrons. The molecule has 1 aliphatic carbocycles. The number of rotatable bonds is 6. The number of aromatic nitrogens is 3. The predicted octanol–water partition coefficient (Wildman–Crippen LogP) is 4.87. The van der Waals surface area contributed by atoms with Gasteiger partial charge in [0.1, 0.15) is 11.5 Å². The van der Waals surface area contributed by atoms with E-state index in [2.05, 4.69) is 93.9 Å². The van der Waals surface area contributed by atoms with Crippen LogP contribution in [0.4, 0.5) is 5.82 Å². The average molecular weight is 481 g/mol. The maximum Gasteiger partial charge on any atom is 0.138 e. The highest BCUT2D eigenvalue weighted by atomic mass is 15.3. The molecule has 0 unspecified atom stereocenters. The molecule has 6 nitrogen and oxygen atoms in total. The molecule has 36 heavy (non-hydrogen) atoms. The van der Waals surface area contributed by atoms with Crippen LogP contribution < -0.4 is 4.90 Å². The van der Waals surface area contributed by atoms with Crippen LogP contribution in [-0.4, -0.2) is 57.4 Å². The van der Waals surface area contributed by atoms with Crippen molar-refractivity contribution in [2.75, 3.05) is 38.1 Å². The van der Waals surface area contributed by atoms with E-state index in [1.165, 1.54) is 34.6 Å². The Bertz CT molecular complexity index is 1340. The number of piperazine rings is 1. The smallest absolute Gasteiger partial charge is 0.138 e. The van der Waals surface area contributed by atoms with Crippen molar-refractivity contribution in [2.24, 2.45) is 0 Å². The van der Waals surface area contributed by atoms with Gasteiger partial charge in [-0.1, -0.05) is 42.0 Å². The van der Waals surface area contributed by atoms with E-state index in [-0.39, 0.29) is 0 Å². The van der Waals surface area contributed by atoms with Crippen molar-refractivity contribution in [3.8, 4) is 0 Å². The minimum Gasteiger partial charge on any atom is -0.355 e. The number of hydrogen-bond donors (Lipinski definition) is 0. The van der Waals surface area contributed by atoms with Gasteiger partial charge in [-0.15, -0.1) is 0 Å². The van der Waals surface area contributed by atoms with Crippen LogP contribution in [0, 0.1) is 6.92 Å². The minimum absolute atomic E-state index is 0.303.